The summed E-state index contributed by atoms with van der Waals surface area (Å²) in [4.78, 5) is 0. The molecule has 0 saturated carbocycles. The van der Waals surface area contributed by atoms with Crippen molar-refractivity contribution < 1.29 is 10.2 Å². The average molecular weight is 350 g/mol. The lowest BCUT2D eigenvalue weighted by molar-refractivity contribution is 0.471. The molecule has 5 heteroatoms. The molecule has 2 aromatic carbocycles. The summed E-state index contributed by atoms with van der Waals surface area (Å²) in [5.41, 5.74) is 2.84. The first-order chi connectivity index (χ1) is 12.2. The van der Waals surface area contributed by atoms with Crippen LogP contribution in [0.15, 0.2) is 61.7 Å². The van der Waals surface area contributed by atoms with Crippen LogP contribution in [0.4, 0.5) is 0 Å². The smallest absolute Gasteiger partial charge is 0.151 e. The Balaban J connectivity index is 2.02. The fourth-order valence-corrected chi connectivity index (χ4v) is 3.50. The second-order valence-electron chi connectivity index (χ2n) is 5.52. The van der Waals surface area contributed by atoms with Crippen molar-refractivity contribution in [3.63, 3.8) is 0 Å². The van der Waals surface area contributed by atoms with Crippen LogP contribution in [-0.2, 0) is 12.8 Å². The number of phenols is 2. The number of aromatic nitrogens is 2. The van der Waals surface area contributed by atoms with Gasteiger partial charge in [-0.1, -0.05) is 47.8 Å². The van der Waals surface area contributed by atoms with Crippen molar-refractivity contribution in [1.29, 1.82) is 0 Å². The molecule has 0 aliphatic carbocycles. The highest BCUT2D eigenvalue weighted by Crippen LogP contribution is 2.39. The van der Waals surface area contributed by atoms with Gasteiger partial charge in [0.25, 0.3) is 0 Å². The zero-order valence-corrected chi connectivity index (χ0v) is 14.5. The lowest BCUT2D eigenvalue weighted by atomic mass is 10.1. The Morgan fingerprint density at radius 2 is 1.24 bits per heavy atom. The van der Waals surface area contributed by atoms with Gasteiger partial charge >= 0.3 is 0 Å². The molecule has 0 radical (unpaired) electrons. The molecule has 0 fully saturated rings. The van der Waals surface area contributed by atoms with Crippen LogP contribution >= 0.6 is 11.3 Å². The molecule has 3 rings (SSSR count). The maximum absolute atomic E-state index is 10.5. The summed E-state index contributed by atoms with van der Waals surface area (Å²) >= 11 is 1.33. The summed E-state index contributed by atoms with van der Waals surface area (Å²) in [7, 11) is 0. The Hall–Kier alpha value is -2.92. The second-order valence-corrected chi connectivity index (χ2v) is 6.50. The van der Waals surface area contributed by atoms with Gasteiger partial charge in [-0.2, -0.15) is 0 Å². The molecule has 0 amide bonds. The lowest BCUT2D eigenvalue weighted by Gasteiger charge is -2.06. The van der Waals surface area contributed by atoms with Crippen LogP contribution < -0.4 is 0 Å². The molecule has 4 nitrogen and oxygen atoms in total. The molecule has 0 unspecified atom stereocenters. The number of hydrogen-bond donors (Lipinski definition) is 2. The van der Waals surface area contributed by atoms with Crippen LogP contribution in [0.1, 0.15) is 11.1 Å². The zero-order chi connectivity index (χ0) is 17.8. The Morgan fingerprint density at radius 3 is 1.64 bits per heavy atom. The molecule has 1 heterocycles. The number of rotatable bonds is 6. The highest BCUT2D eigenvalue weighted by atomic mass is 32.1. The maximum Gasteiger partial charge on any atom is 0.151 e. The van der Waals surface area contributed by atoms with E-state index in [9.17, 15) is 10.2 Å². The topological polar surface area (TPSA) is 66.2 Å². The Morgan fingerprint density at radius 1 is 0.800 bits per heavy atom. The number of para-hydroxylation sites is 2. The van der Waals surface area contributed by atoms with Crippen LogP contribution in [0.3, 0.4) is 0 Å². The van der Waals surface area contributed by atoms with Gasteiger partial charge in [0.05, 0.1) is 11.1 Å². The summed E-state index contributed by atoms with van der Waals surface area (Å²) in [6.45, 7) is 7.41. The fourth-order valence-electron chi connectivity index (χ4n) is 2.61. The molecule has 0 aliphatic heterocycles. The number of nitrogens with zero attached hydrogens (tertiary/aromatic N) is 2. The molecule has 126 valence electrons. The summed E-state index contributed by atoms with van der Waals surface area (Å²) in [6, 6.07) is 11.1. The van der Waals surface area contributed by atoms with Gasteiger partial charge in [-0.25, -0.2) is 0 Å². The van der Waals surface area contributed by atoms with Gasteiger partial charge in [0.1, 0.15) is 11.5 Å². The van der Waals surface area contributed by atoms with Gasteiger partial charge < -0.3 is 10.2 Å². The van der Waals surface area contributed by atoms with Crippen molar-refractivity contribution in [3.05, 3.63) is 72.8 Å². The molecular weight excluding hydrogens is 332 g/mol. The van der Waals surface area contributed by atoms with Crippen LogP contribution in [0.2, 0.25) is 0 Å². The van der Waals surface area contributed by atoms with Gasteiger partial charge in [-0.05, 0) is 36.1 Å². The van der Waals surface area contributed by atoms with Crippen molar-refractivity contribution in [2.45, 2.75) is 12.8 Å². The Kier molecular flexibility index (Phi) is 4.95. The minimum atomic E-state index is 0.190. The number of aromatic hydroxyl groups is 2. The second kappa shape index (κ2) is 7.32. The predicted octanol–water partition coefficient (Wildman–Crippen LogP) is 4.74. The van der Waals surface area contributed by atoms with Crippen molar-refractivity contribution in [1.82, 2.24) is 10.2 Å². The molecule has 3 aromatic rings. The quantitative estimate of drug-likeness (QED) is 0.630. The number of allylic oxidation sites excluding steroid dienone is 2. The van der Waals surface area contributed by atoms with Crippen LogP contribution in [-0.4, -0.2) is 20.4 Å². The number of benzene rings is 2. The summed E-state index contributed by atoms with van der Waals surface area (Å²) in [5.74, 6) is 0.379. The molecule has 0 spiro atoms. The van der Waals surface area contributed by atoms with Gasteiger partial charge in [-0.3, -0.25) is 0 Å². The van der Waals surface area contributed by atoms with E-state index in [-0.39, 0.29) is 11.5 Å². The van der Waals surface area contributed by atoms with E-state index in [4.69, 9.17) is 0 Å². The lowest BCUT2D eigenvalue weighted by Crippen LogP contribution is -1.86. The van der Waals surface area contributed by atoms with Gasteiger partial charge in [-0.15, -0.1) is 23.4 Å². The SMILES string of the molecule is C=CCc1cccc(-c2nnc(-c3cccc(CC=C)c3O)s2)c1O. The number of hydrogen-bond acceptors (Lipinski definition) is 5. The minimum Gasteiger partial charge on any atom is -0.507 e. The highest BCUT2D eigenvalue weighted by molar-refractivity contribution is 7.18. The summed E-state index contributed by atoms with van der Waals surface area (Å²) in [6.07, 6.45) is 4.65. The van der Waals surface area contributed by atoms with Crippen molar-refractivity contribution in [2.75, 3.05) is 0 Å². The first-order valence-electron chi connectivity index (χ1n) is 7.83. The molecule has 0 aliphatic rings. The molecule has 0 saturated heterocycles. The first kappa shape index (κ1) is 16.9. The first-order valence-corrected chi connectivity index (χ1v) is 8.65. The van der Waals surface area contributed by atoms with Crippen molar-refractivity contribution >= 4 is 11.3 Å². The van der Waals surface area contributed by atoms with E-state index in [0.717, 1.165) is 11.1 Å². The maximum atomic E-state index is 10.5. The van der Waals surface area contributed by atoms with Crippen molar-refractivity contribution in [2.24, 2.45) is 0 Å². The molecular formula is C20H18N2O2S. The third kappa shape index (κ3) is 3.32. The van der Waals surface area contributed by atoms with E-state index < -0.39 is 0 Å². The highest BCUT2D eigenvalue weighted by Gasteiger charge is 2.16. The molecule has 0 bridgehead atoms. The molecule has 0 atom stereocenters. The largest absolute Gasteiger partial charge is 0.507 e. The average Bonchev–Trinajstić information content (AvgIpc) is 3.08. The van der Waals surface area contributed by atoms with Gasteiger partial charge in [0, 0.05) is 0 Å². The fraction of sp³-hybridized carbons (Fsp3) is 0.100. The third-order valence-corrected chi connectivity index (χ3v) is 4.84. The van der Waals surface area contributed by atoms with Gasteiger partial charge in [0.2, 0.25) is 0 Å². The predicted molar refractivity (Wildman–Crippen MR) is 102 cm³/mol. The summed E-state index contributed by atoms with van der Waals surface area (Å²) < 4.78 is 0. The normalized spacial score (nSPS) is 10.6. The van der Waals surface area contributed by atoms with Crippen LogP contribution in [0.5, 0.6) is 11.5 Å². The van der Waals surface area contributed by atoms with E-state index in [1.165, 1.54) is 11.3 Å². The number of phenolic OH excluding ortho intramolecular Hbond substituents is 2. The van der Waals surface area contributed by atoms with Crippen molar-refractivity contribution in [3.8, 4) is 32.6 Å². The van der Waals surface area contributed by atoms with E-state index in [2.05, 4.69) is 23.4 Å². The molecule has 1 aromatic heterocycles. The van der Waals surface area contributed by atoms with E-state index in [1.54, 1.807) is 24.3 Å². The third-order valence-electron chi connectivity index (χ3n) is 3.85. The minimum absolute atomic E-state index is 0.190. The zero-order valence-electron chi connectivity index (χ0n) is 13.6. The van der Waals surface area contributed by atoms with Gasteiger partial charge in [0.15, 0.2) is 10.0 Å². The Bertz CT molecular complexity index is 857. The molecule has 25 heavy (non-hydrogen) atoms. The monoisotopic (exact) mass is 350 g/mol. The molecule has 2 N–H and O–H groups in total. The summed E-state index contributed by atoms with van der Waals surface area (Å²) in [5, 5.41) is 30.5. The van der Waals surface area contributed by atoms with E-state index >= 15 is 0 Å². The van der Waals surface area contributed by atoms with E-state index in [0.29, 0.717) is 34.0 Å². The standard InChI is InChI=1S/C20H18N2O2S/c1-3-7-13-9-5-11-15(17(13)23)19-21-22-20(25-19)16-12-6-10-14(8-4-2)18(16)24/h3-6,9-12,23-24H,1-2,7-8H2. The van der Waals surface area contributed by atoms with Crippen LogP contribution in [0, 0.1) is 0 Å². The van der Waals surface area contributed by atoms with Crippen LogP contribution in [0.25, 0.3) is 21.1 Å². The van der Waals surface area contributed by atoms with E-state index in [1.807, 2.05) is 24.3 Å². The Labute approximate surface area is 150 Å².